The summed E-state index contributed by atoms with van der Waals surface area (Å²) in [6.07, 6.45) is 4.07. The zero-order chi connectivity index (χ0) is 37.2. The highest BCUT2D eigenvalue weighted by Gasteiger charge is 2.54. The van der Waals surface area contributed by atoms with Gasteiger partial charge in [0, 0.05) is 25.7 Å². The Bertz CT molecular complexity index is 1480. The molecule has 0 unspecified atom stereocenters. The number of aliphatic hydroxyl groups is 2. The second-order valence-corrected chi connectivity index (χ2v) is 16.1. The molecule has 1 aliphatic carbocycles. The Balaban J connectivity index is 1.45. The fourth-order valence-corrected chi connectivity index (χ4v) is 7.86. The molecule has 4 aromatic carbocycles. The monoisotopic (exact) mass is 702 g/mol. The van der Waals surface area contributed by atoms with Crippen LogP contribution in [0.1, 0.15) is 82.1 Å². The van der Waals surface area contributed by atoms with Crippen LogP contribution >= 0.6 is 0 Å². The summed E-state index contributed by atoms with van der Waals surface area (Å²) in [7, 11) is 0. The van der Waals surface area contributed by atoms with Crippen LogP contribution in [0.4, 0.5) is 0 Å². The summed E-state index contributed by atoms with van der Waals surface area (Å²) in [4.78, 5) is 29.2. The zero-order valence-corrected chi connectivity index (χ0v) is 31.4. The molecule has 276 valence electrons. The Morgan fingerprint density at radius 2 is 0.808 bits per heavy atom. The lowest BCUT2D eigenvalue weighted by molar-refractivity contribution is -0.153. The van der Waals surface area contributed by atoms with Crippen molar-refractivity contribution in [2.24, 2.45) is 17.3 Å². The van der Waals surface area contributed by atoms with Crippen LogP contribution in [0.5, 0.6) is 0 Å². The normalized spacial score (nSPS) is 15.5. The topological polar surface area (TPSA) is 98.7 Å². The van der Waals surface area contributed by atoms with E-state index in [1.165, 1.54) is 0 Å². The second-order valence-electron chi connectivity index (χ2n) is 16.1. The molecule has 1 aliphatic rings. The van der Waals surface area contributed by atoms with Gasteiger partial charge in [-0.1, -0.05) is 155 Å². The van der Waals surface area contributed by atoms with Crippen molar-refractivity contribution in [3.63, 3.8) is 0 Å². The highest BCUT2D eigenvalue weighted by atomic mass is 16.3. The van der Waals surface area contributed by atoms with E-state index >= 15 is 0 Å². The molecule has 52 heavy (non-hydrogen) atoms. The van der Waals surface area contributed by atoms with Crippen molar-refractivity contribution in [1.29, 1.82) is 0 Å². The summed E-state index contributed by atoms with van der Waals surface area (Å²) in [6.45, 7) is 8.36. The van der Waals surface area contributed by atoms with Crippen LogP contribution in [-0.4, -0.2) is 45.3 Å². The van der Waals surface area contributed by atoms with E-state index < -0.39 is 28.7 Å². The molecular formula is C46H58N2O4. The van der Waals surface area contributed by atoms with E-state index in [-0.39, 0.29) is 23.7 Å². The second kappa shape index (κ2) is 17.5. The number of amides is 2. The maximum absolute atomic E-state index is 14.6. The van der Waals surface area contributed by atoms with Crippen molar-refractivity contribution in [1.82, 2.24) is 10.6 Å². The van der Waals surface area contributed by atoms with E-state index in [1.54, 1.807) is 0 Å². The van der Waals surface area contributed by atoms with Crippen LogP contribution in [0.2, 0.25) is 0 Å². The zero-order valence-electron chi connectivity index (χ0n) is 31.4. The number of rotatable bonds is 18. The van der Waals surface area contributed by atoms with Gasteiger partial charge in [0.15, 0.2) is 0 Å². The van der Waals surface area contributed by atoms with Crippen LogP contribution in [-0.2, 0) is 35.3 Å². The summed E-state index contributed by atoms with van der Waals surface area (Å²) in [5, 5.41) is 31.9. The average molecular weight is 703 g/mol. The van der Waals surface area contributed by atoms with E-state index in [2.05, 4.69) is 38.3 Å². The lowest BCUT2D eigenvalue weighted by atomic mass is 9.66. The van der Waals surface area contributed by atoms with Gasteiger partial charge in [0.2, 0.25) is 11.8 Å². The number of benzene rings is 4. The predicted molar refractivity (Wildman–Crippen MR) is 210 cm³/mol. The quantitative estimate of drug-likeness (QED) is 0.0801. The fourth-order valence-electron chi connectivity index (χ4n) is 7.86. The summed E-state index contributed by atoms with van der Waals surface area (Å²) >= 11 is 0. The molecular weight excluding hydrogens is 645 g/mol. The smallest absolute Gasteiger partial charge is 0.236 e. The molecule has 0 bridgehead atoms. The highest BCUT2D eigenvalue weighted by molar-refractivity contribution is 6.06. The summed E-state index contributed by atoms with van der Waals surface area (Å²) in [5.41, 5.74) is 0.0115. The number of hydrogen-bond donors (Lipinski definition) is 4. The van der Waals surface area contributed by atoms with Gasteiger partial charge in [-0.2, -0.15) is 0 Å². The minimum Gasteiger partial charge on any atom is -0.387 e. The molecule has 0 spiro atoms. The van der Waals surface area contributed by atoms with E-state index in [4.69, 9.17) is 0 Å². The Hall–Kier alpha value is -4.26. The van der Waals surface area contributed by atoms with Gasteiger partial charge in [0.1, 0.15) is 5.41 Å². The molecule has 5 rings (SSSR count). The molecule has 4 N–H and O–H groups in total. The van der Waals surface area contributed by atoms with Crippen LogP contribution in [0, 0.1) is 17.3 Å². The molecule has 2 amide bonds. The summed E-state index contributed by atoms with van der Waals surface area (Å²) < 4.78 is 0. The molecule has 0 saturated heterocycles. The SMILES string of the molecule is CC(C)C[C@@H](NC(=O)C1(C(=O)N[C@H](CC(C)C)C(O)(Cc2ccccc2)Cc2ccccc2)CCC1)C(O)(Cc1ccccc1)Cc1ccccc1. The van der Waals surface area contributed by atoms with Crippen molar-refractivity contribution >= 4 is 11.8 Å². The van der Waals surface area contributed by atoms with Crippen molar-refractivity contribution in [2.75, 3.05) is 0 Å². The van der Waals surface area contributed by atoms with E-state index in [0.717, 1.165) is 28.7 Å². The Labute approximate surface area is 311 Å². The molecule has 2 atom stereocenters. The van der Waals surface area contributed by atoms with Gasteiger partial charge in [-0.3, -0.25) is 9.59 Å². The minimum absolute atomic E-state index is 0.177. The largest absolute Gasteiger partial charge is 0.387 e. The molecule has 6 nitrogen and oxygen atoms in total. The van der Waals surface area contributed by atoms with Crippen molar-refractivity contribution in [3.05, 3.63) is 144 Å². The minimum atomic E-state index is -1.31. The number of nitrogens with one attached hydrogen (secondary N) is 2. The number of hydrogen-bond acceptors (Lipinski definition) is 4. The molecule has 1 saturated carbocycles. The number of carbonyl (C=O) groups is 2. The van der Waals surface area contributed by atoms with Crippen molar-refractivity contribution in [3.8, 4) is 0 Å². The van der Waals surface area contributed by atoms with Gasteiger partial charge in [0.05, 0.1) is 23.3 Å². The van der Waals surface area contributed by atoms with E-state index in [1.807, 2.05) is 121 Å². The van der Waals surface area contributed by atoms with E-state index in [0.29, 0.717) is 51.4 Å². The van der Waals surface area contributed by atoms with Gasteiger partial charge in [0.25, 0.3) is 0 Å². The lowest BCUT2D eigenvalue weighted by Crippen LogP contribution is -2.65. The first-order valence-corrected chi connectivity index (χ1v) is 19.1. The lowest BCUT2D eigenvalue weighted by Gasteiger charge is -2.45. The van der Waals surface area contributed by atoms with Gasteiger partial charge >= 0.3 is 0 Å². The van der Waals surface area contributed by atoms with Crippen LogP contribution in [0.3, 0.4) is 0 Å². The van der Waals surface area contributed by atoms with Crippen LogP contribution in [0.15, 0.2) is 121 Å². The van der Waals surface area contributed by atoms with Gasteiger partial charge in [-0.05, 0) is 59.8 Å². The standard InChI is InChI=1S/C46H58N2O4/c1-34(2)28-40(45(51,30-36-18-9-5-10-19-36)31-37-20-11-6-12-21-37)47-42(49)44(26-17-27-44)43(50)48-41(29-35(3)4)46(52,32-38-22-13-7-14-23-38)33-39-24-15-8-16-25-39/h5-16,18-25,34-35,40-41,51-52H,17,26-33H2,1-4H3,(H,47,49)(H,48,50)/t40-,41-/m1/s1. The van der Waals surface area contributed by atoms with Gasteiger partial charge in [-0.15, -0.1) is 0 Å². The van der Waals surface area contributed by atoms with E-state index in [9.17, 15) is 19.8 Å². The molecule has 0 heterocycles. The molecule has 6 heteroatoms. The highest BCUT2D eigenvalue weighted by Crippen LogP contribution is 2.43. The first-order valence-electron chi connectivity index (χ1n) is 19.1. The molecule has 1 fully saturated rings. The van der Waals surface area contributed by atoms with Crippen molar-refractivity contribution in [2.45, 2.75) is 109 Å². The summed E-state index contributed by atoms with van der Waals surface area (Å²) in [6, 6.07) is 38.4. The third-order valence-corrected chi connectivity index (χ3v) is 10.8. The van der Waals surface area contributed by atoms with Gasteiger partial charge in [-0.25, -0.2) is 0 Å². The molecule has 4 aromatic rings. The average Bonchev–Trinajstić information content (AvgIpc) is 3.08. The molecule has 0 radical (unpaired) electrons. The maximum Gasteiger partial charge on any atom is 0.236 e. The first kappa shape index (κ1) is 39.0. The molecule has 0 aliphatic heterocycles. The third-order valence-electron chi connectivity index (χ3n) is 10.8. The van der Waals surface area contributed by atoms with Crippen molar-refractivity contribution < 1.29 is 19.8 Å². The maximum atomic E-state index is 14.6. The van der Waals surface area contributed by atoms with Gasteiger partial charge < -0.3 is 20.8 Å². The Morgan fingerprint density at radius 3 is 1.02 bits per heavy atom. The predicted octanol–water partition coefficient (Wildman–Crippen LogP) is 7.65. The van der Waals surface area contributed by atoms with Crippen LogP contribution < -0.4 is 10.6 Å². The number of carbonyl (C=O) groups excluding carboxylic acids is 2. The summed E-state index contributed by atoms with van der Waals surface area (Å²) in [5.74, 6) is -0.342. The molecule has 0 aromatic heterocycles. The fraction of sp³-hybridized carbons (Fsp3) is 0.435. The van der Waals surface area contributed by atoms with Crippen LogP contribution in [0.25, 0.3) is 0 Å². The Kier molecular flexibility index (Phi) is 13.1. The first-order chi connectivity index (χ1) is 24.9. The Morgan fingerprint density at radius 1 is 0.538 bits per heavy atom. The third kappa shape index (κ3) is 9.99.